The first-order valence-electron chi connectivity index (χ1n) is 9.39. The maximum Gasteiger partial charge on any atom is 0.322 e. The molecule has 3 N–H and O–H groups in total. The number of aromatic hydroxyl groups is 1. The maximum absolute atomic E-state index is 13.3. The molecule has 0 spiro atoms. The van der Waals surface area contributed by atoms with Crippen LogP contribution in [0, 0.1) is 0 Å². The van der Waals surface area contributed by atoms with E-state index in [9.17, 15) is 19.5 Å². The summed E-state index contributed by atoms with van der Waals surface area (Å²) in [6.45, 7) is -0.646. The minimum absolute atomic E-state index is 0.126. The molecule has 1 aliphatic carbocycles. The van der Waals surface area contributed by atoms with E-state index in [4.69, 9.17) is 9.84 Å². The average Bonchev–Trinajstić information content (AvgIpc) is 3.35. The molecule has 0 saturated heterocycles. The second-order valence-corrected chi connectivity index (χ2v) is 7.15. The number of amides is 1. The normalized spacial score (nSPS) is 14.5. The van der Waals surface area contributed by atoms with E-state index in [-0.39, 0.29) is 6.04 Å². The van der Waals surface area contributed by atoms with Gasteiger partial charge in [0, 0.05) is 11.5 Å². The van der Waals surface area contributed by atoms with Gasteiger partial charge < -0.3 is 20.3 Å². The number of nitrogens with one attached hydrogen (secondary N) is 1. The summed E-state index contributed by atoms with van der Waals surface area (Å²) in [6, 6.07) is 6.93. The number of carbonyl (C=O) groups is 2. The van der Waals surface area contributed by atoms with Crippen LogP contribution in [0.1, 0.15) is 42.1 Å². The maximum atomic E-state index is 13.3. The lowest BCUT2D eigenvalue weighted by molar-refractivity contribution is -0.135. The van der Waals surface area contributed by atoms with Crippen LogP contribution < -0.4 is 15.6 Å². The van der Waals surface area contributed by atoms with Crippen molar-refractivity contribution >= 4 is 28.3 Å². The number of carboxylic acid groups (broad SMARTS) is 1. The third-order valence-corrected chi connectivity index (χ3v) is 5.40. The van der Waals surface area contributed by atoms with E-state index in [0.717, 1.165) is 31.1 Å². The summed E-state index contributed by atoms with van der Waals surface area (Å²) in [7, 11) is 1.55. The highest BCUT2D eigenvalue weighted by molar-refractivity contribution is 6.01. The van der Waals surface area contributed by atoms with Crippen molar-refractivity contribution < 1.29 is 24.5 Å². The zero-order chi connectivity index (χ0) is 20.7. The molecular formula is C20H21N3O6. The Morgan fingerprint density at radius 2 is 1.93 bits per heavy atom. The predicted octanol–water partition coefficient (Wildman–Crippen LogP) is 1.90. The molecule has 2 aromatic heterocycles. The first-order chi connectivity index (χ1) is 13.9. The fraction of sp³-hybridized carbons (Fsp3) is 0.350. The van der Waals surface area contributed by atoms with Gasteiger partial charge in [-0.1, -0.05) is 12.8 Å². The number of methoxy groups -OCH3 is 1. The van der Waals surface area contributed by atoms with Crippen LogP contribution in [0.4, 0.5) is 0 Å². The summed E-state index contributed by atoms with van der Waals surface area (Å²) in [5, 5.41) is 22.5. The van der Waals surface area contributed by atoms with E-state index >= 15 is 0 Å². The van der Waals surface area contributed by atoms with E-state index in [1.807, 2.05) is 6.07 Å². The lowest BCUT2D eigenvalue weighted by atomic mass is 10.2. The average molecular weight is 399 g/mol. The van der Waals surface area contributed by atoms with Crippen molar-refractivity contribution in [3.05, 3.63) is 40.2 Å². The summed E-state index contributed by atoms with van der Waals surface area (Å²) < 4.78 is 8.45. The van der Waals surface area contributed by atoms with Gasteiger partial charge in [0.25, 0.3) is 11.5 Å². The smallest absolute Gasteiger partial charge is 0.322 e. The highest BCUT2D eigenvalue weighted by Crippen LogP contribution is 2.34. The fourth-order valence-electron chi connectivity index (χ4n) is 4.06. The standard InChI is InChI=1S/C20H21N3O6/c1-29-13-7-6-11-8-15-18(26)17(19(27)21-10-16(24)25)20(28)22(12-4-2-3-5-12)23(15)14(11)9-13/h6-9,12,26H,2-5,10H2,1H3,(H,21,27)(H,24,25). The Bertz CT molecular complexity index is 1190. The van der Waals surface area contributed by atoms with E-state index in [0.29, 0.717) is 16.8 Å². The molecule has 1 fully saturated rings. The number of benzene rings is 1. The number of carbonyl (C=O) groups excluding carboxylic acids is 1. The molecule has 29 heavy (non-hydrogen) atoms. The summed E-state index contributed by atoms with van der Waals surface area (Å²) in [6.07, 6.45) is 3.48. The van der Waals surface area contributed by atoms with E-state index in [1.54, 1.807) is 29.8 Å². The van der Waals surface area contributed by atoms with Gasteiger partial charge >= 0.3 is 5.97 Å². The van der Waals surface area contributed by atoms with E-state index < -0.39 is 35.3 Å². The van der Waals surface area contributed by atoms with Crippen LogP contribution in [0.15, 0.2) is 29.1 Å². The summed E-state index contributed by atoms with van der Waals surface area (Å²) in [5.41, 5.74) is -0.109. The molecule has 9 nitrogen and oxygen atoms in total. The molecule has 0 bridgehead atoms. The minimum atomic E-state index is -1.24. The number of hydrogen-bond acceptors (Lipinski definition) is 5. The zero-order valence-electron chi connectivity index (χ0n) is 15.8. The Balaban J connectivity index is 2.03. The quantitative estimate of drug-likeness (QED) is 0.602. The molecule has 1 saturated carbocycles. The molecule has 3 aromatic rings. The molecule has 4 rings (SSSR count). The number of rotatable bonds is 5. The molecular weight excluding hydrogens is 378 g/mol. The molecule has 2 heterocycles. The highest BCUT2D eigenvalue weighted by atomic mass is 16.5. The molecule has 1 aliphatic rings. The van der Waals surface area contributed by atoms with Crippen molar-refractivity contribution in [1.29, 1.82) is 0 Å². The fourth-order valence-corrected chi connectivity index (χ4v) is 4.06. The third kappa shape index (κ3) is 3.08. The number of carboxylic acids is 1. The van der Waals surface area contributed by atoms with E-state index in [1.165, 1.54) is 4.68 Å². The second-order valence-electron chi connectivity index (χ2n) is 7.15. The summed E-state index contributed by atoms with van der Waals surface area (Å²) in [4.78, 5) is 36.7. The number of fused-ring (bicyclic) bond motifs is 3. The number of nitrogens with zero attached hydrogens (tertiary/aromatic N) is 2. The van der Waals surface area contributed by atoms with E-state index in [2.05, 4.69) is 5.32 Å². The van der Waals surface area contributed by atoms with Crippen LogP contribution in [-0.4, -0.2) is 44.9 Å². The van der Waals surface area contributed by atoms with Crippen LogP contribution in [0.2, 0.25) is 0 Å². The predicted molar refractivity (Wildman–Crippen MR) is 105 cm³/mol. The Labute approximate surface area is 165 Å². The van der Waals surface area contributed by atoms with Crippen LogP contribution in [0.25, 0.3) is 16.4 Å². The first-order valence-corrected chi connectivity index (χ1v) is 9.39. The third-order valence-electron chi connectivity index (χ3n) is 5.40. The monoisotopic (exact) mass is 399 g/mol. The Kier molecular flexibility index (Phi) is 4.65. The van der Waals surface area contributed by atoms with Gasteiger partial charge in [-0.15, -0.1) is 0 Å². The van der Waals surface area contributed by atoms with Crippen molar-refractivity contribution in [2.24, 2.45) is 0 Å². The zero-order valence-corrected chi connectivity index (χ0v) is 15.8. The minimum Gasteiger partial charge on any atom is -0.505 e. The largest absolute Gasteiger partial charge is 0.505 e. The van der Waals surface area contributed by atoms with Crippen molar-refractivity contribution in [3.63, 3.8) is 0 Å². The van der Waals surface area contributed by atoms with Gasteiger partial charge in [-0.25, -0.2) is 9.20 Å². The first kappa shape index (κ1) is 18.9. The van der Waals surface area contributed by atoms with Gasteiger partial charge in [-0.05, 0) is 31.0 Å². The molecule has 152 valence electrons. The van der Waals surface area contributed by atoms with Crippen LogP contribution >= 0.6 is 0 Å². The van der Waals surface area contributed by atoms with Gasteiger partial charge in [0.15, 0.2) is 5.75 Å². The number of aliphatic carboxylic acids is 1. The van der Waals surface area contributed by atoms with Gasteiger partial charge in [0.05, 0.1) is 18.7 Å². The number of aromatic nitrogens is 2. The van der Waals surface area contributed by atoms with Crippen LogP contribution in [0.5, 0.6) is 11.5 Å². The van der Waals surface area contributed by atoms with Crippen molar-refractivity contribution in [2.45, 2.75) is 31.7 Å². The molecule has 0 aliphatic heterocycles. The molecule has 0 atom stereocenters. The molecule has 0 radical (unpaired) electrons. The second kappa shape index (κ2) is 7.16. The van der Waals surface area contributed by atoms with Gasteiger partial charge in [0.1, 0.15) is 23.4 Å². The molecule has 9 heteroatoms. The molecule has 1 amide bonds. The topological polar surface area (TPSA) is 122 Å². The van der Waals surface area contributed by atoms with Crippen molar-refractivity contribution in [3.8, 4) is 11.5 Å². The van der Waals surface area contributed by atoms with Crippen molar-refractivity contribution in [2.75, 3.05) is 13.7 Å². The van der Waals surface area contributed by atoms with Crippen molar-refractivity contribution in [1.82, 2.24) is 14.5 Å². The Morgan fingerprint density at radius 3 is 2.59 bits per heavy atom. The van der Waals surface area contributed by atoms with Gasteiger partial charge in [-0.2, -0.15) is 0 Å². The SMILES string of the molecule is COc1ccc2cc3c(O)c(C(=O)NCC(=O)O)c(=O)n(C4CCCC4)n3c2c1. The summed E-state index contributed by atoms with van der Waals surface area (Å²) in [5.74, 6) is -2.02. The molecule has 1 aromatic carbocycles. The van der Waals surface area contributed by atoms with Crippen LogP contribution in [-0.2, 0) is 4.79 Å². The number of hydrogen-bond donors (Lipinski definition) is 3. The van der Waals surface area contributed by atoms with Gasteiger partial charge in [-0.3, -0.25) is 14.4 Å². The van der Waals surface area contributed by atoms with Crippen LogP contribution in [0.3, 0.4) is 0 Å². The number of ether oxygens (including phenoxy) is 1. The molecule has 0 unspecified atom stereocenters. The van der Waals surface area contributed by atoms with Gasteiger partial charge in [0.2, 0.25) is 0 Å². The summed E-state index contributed by atoms with van der Waals surface area (Å²) >= 11 is 0. The lowest BCUT2D eigenvalue weighted by Gasteiger charge is -2.20. The Morgan fingerprint density at radius 1 is 1.21 bits per heavy atom. The Hall–Kier alpha value is -3.49. The highest BCUT2D eigenvalue weighted by Gasteiger charge is 2.28. The lowest BCUT2D eigenvalue weighted by Crippen LogP contribution is -2.38.